The molecule has 0 radical (unpaired) electrons. The molecule has 0 saturated heterocycles. The van der Waals surface area contributed by atoms with E-state index in [0.717, 1.165) is 24.8 Å². The SMILES string of the molecule is CC(C)(C)c1ccc(F)c(CCCCN)c1. The third-order valence-electron chi connectivity index (χ3n) is 2.81. The van der Waals surface area contributed by atoms with Crippen molar-refractivity contribution < 1.29 is 4.39 Å². The summed E-state index contributed by atoms with van der Waals surface area (Å²) in [5.41, 5.74) is 7.53. The fourth-order valence-electron chi connectivity index (χ4n) is 1.69. The molecule has 16 heavy (non-hydrogen) atoms. The van der Waals surface area contributed by atoms with Gasteiger partial charge in [0.2, 0.25) is 0 Å². The Bertz CT molecular complexity index is 339. The summed E-state index contributed by atoms with van der Waals surface area (Å²) in [6.07, 6.45) is 2.70. The highest BCUT2D eigenvalue weighted by atomic mass is 19.1. The maximum absolute atomic E-state index is 13.6. The van der Waals surface area contributed by atoms with Crippen molar-refractivity contribution in [3.8, 4) is 0 Å². The van der Waals surface area contributed by atoms with E-state index < -0.39 is 0 Å². The van der Waals surface area contributed by atoms with Crippen molar-refractivity contribution >= 4 is 0 Å². The quantitative estimate of drug-likeness (QED) is 0.778. The molecule has 0 unspecified atom stereocenters. The number of hydrogen-bond donors (Lipinski definition) is 1. The highest BCUT2D eigenvalue weighted by Crippen LogP contribution is 2.24. The molecule has 0 fully saturated rings. The third kappa shape index (κ3) is 3.60. The normalized spacial score (nSPS) is 11.8. The van der Waals surface area contributed by atoms with Crippen molar-refractivity contribution in [2.45, 2.75) is 45.4 Å². The number of aryl methyl sites for hydroxylation is 1. The molecule has 0 saturated carbocycles. The maximum Gasteiger partial charge on any atom is 0.126 e. The topological polar surface area (TPSA) is 26.0 Å². The van der Waals surface area contributed by atoms with Crippen LogP contribution in [0.4, 0.5) is 4.39 Å². The fourth-order valence-corrected chi connectivity index (χ4v) is 1.69. The van der Waals surface area contributed by atoms with E-state index in [1.54, 1.807) is 6.07 Å². The van der Waals surface area contributed by atoms with Gasteiger partial charge in [-0.3, -0.25) is 0 Å². The van der Waals surface area contributed by atoms with Gasteiger partial charge in [-0.1, -0.05) is 32.9 Å². The van der Waals surface area contributed by atoms with Crippen molar-refractivity contribution in [2.24, 2.45) is 5.73 Å². The van der Waals surface area contributed by atoms with Crippen LogP contribution in [0.3, 0.4) is 0 Å². The molecule has 90 valence electrons. The van der Waals surface area contributed by atoms with Gasteiger partial charge in [0, 0.05) is 0 Å². The lowest BCUT2D eigenvalue weighted by Crippen LogP contribution is -2.12. The van der Waals surface area contributed by atoms with Crippen LogP contribution in [0.15, 0.2) is 18.2 Å². The number of halogens is 1. The maximum atomic E-state index is 13.6. The van der Waals surface area contributed by atoms with Gasteiger partial charge in [-0.2, -0.15) is 0 Å². The smallest absolute Gasteiger partial charge is 0.126 e. The first kappa shape index (κ1) is 13.2. The van der Waals surface area contributed by atoms with E-state index in [0.29, 0.717) is 6.54 Å². The highest BCUT2D eigenvalue weighted by molar-refractivity contribution is 5.29. The number of nitrogens with two attached hydrogens (primary N) is 1. The van der Waals surface area contributed by atoms with Crippen LogP contribution in [0.1, 0.15) is 44.7 Å². The molecule has 1 nitrogen and oxygen atoms in total. The summed E-state index contributed by atoms with van der Waals surface area (Å²) in [6, 6.07) is 5.45. The van der Waals surface area contributed by atoms with Gasteiger partial charge in [-0.15, -0.1) is 0 Å². The predicted octanol–water partition coefficient (Wildman–Crippen LogP) is 3.40. The Morgan fingerprint density at radius 1 is 1.19 bits per heavy atom. The van der Waals surface area contributed by atoms with Gasteiger partial charge in [-0.25, -0.2) is 4.39 Å². The van der Waals surface area contributed by atoms with E-state index in [1.807, 2.05) is 12.1 Å². The summed E-state index contributed by atoms with van der Waals surface area (Å²) >= 11 is 0. The van der Waals surface area contributed by atoms with Gasteiger partial charge in [0.1, 0.15) is 5.82 Å². The van der Waals surface area contributed by atoms with Crippen molar-refractivity contribution in [3.63, 3.8) is 0 Å². The first-order chi connectivity index (χ1) is 7.45. The van der Waals surface area contributed by atoms with Gasteiger partial charge in [-0.05, 0) is 48.4 Å². The molecule has 0 aliphatic carbocycles. The molecule has 0 aliphatic heterocycles. The summed E-state index contributed by atoms with van der Waals surface area (Å²) in [6.45, 7) is 7.11. The lowest BCUT2D eigenvalue weighted by Gasteiger charge is -2.20. The van der Waals surface area contributed by atoms with Gasteiger partial charge in [0.05, 0.1) is 0 Å². The summed E-state index contributed by atoms with van der Waals surface area (Å²) < 4.78 is 13.6. The molecule has 1 rings (SSSR count). The zero-order valence-electron chi connectivity index (χ0n) is 10.5. The van der Waals surface area contributed by atoms with Crippen LogP contribution < -0.4 is 5.73 Å². The third-order valence-corrected chi connectivity index (χ3v) is 2.81. The molecule has 1 aromatic rings. The average Bonchev–Trinajstić information content (AvgIpc) is 2.19. The van der Waals surface area contributed by atoms with Crippen LogP contribution in [0.2, 0.25) is 0 Å². The number of hydrogen-bond acceptors (Lipinski definition) is 1. The molecule has 2 heteroatoms. The second-order valence-electron chi connectivity index (χ2n) is 5.30. The Kier molecular flexibility index (Phi) is 4.48. The zero-order valence-corrected chi connectivity index (χ0v) is 10.5. The van der Waals surface area contributed by atoms with E-state index in [4.69, 9.17) is 5.73 Å². The molecular formula is C14H22FN. The number of unbranched alkanes of at least 4 members (excludes halogenated alkanes) is 1. The van der Waals surface area contributed by atoms with E-state index in [9.17, 15) is 4.39 Å². The molecule has 0 aromatic heterocycles. The van der Waals surface area contributed by atoms with Crippen molar-refractivity contribution in [2.75, 3.05) is 6.54 Å². The molecule has 1 aromatic carbocycles. The Hall–Kier alpha value is -0.890. The van der Waals surface area contributed by atoms with Gasteiger partial charge in [0.15, 0.2) is 0 Å². The first-order valence-corrected chi connectivity index (χ1v) is 5.94. The molecule has 0 atom stereocenters. The van der Waals surface area contributed by atoms with Gasteiger partial charge >= 0.3 is 0 Å². The molecular weight excluding hydrogens is 201 g/mol. The van der Waals surface area contributed by atoms with Crippen molar-refractivity contribution in [1.82, 2.24) is 0 Å². The standard InChI is InChI=1S/C14H22FN/c1-14(2,3)12-7-8-13(15)11(10-12)6-4-5-9-16/h7-8,10H,4-6,9,16H2,1-3H3. The van der Waals surface area contributed by atoms with Crippen LogP contribution in [-0.4, -0.2) is 6.54 Å². The minimum absolute atomic E-state index is 0.0797. The number of benzene rings is 1. The van der Waals surface area contributed by atoms with E-state index in [1.165, 1.54) is 5.56 Å². The second kappa shape index (κ2) is 5.44. The Balaban J connectivity index is 2.83. The van der Waals surface area contributed by atoms with Crippen LogP contribution in [0.5, 0.6) is 0 Å². The molecule has 0 amide bonds. The van der Waals surface area contributed by atoms with Crippen LogP contribution in [0, 0.1) is 5.82 Å². The van der Waals surface area contributed by atoms with Crippen molar-refractivity contribution in [3.05, 3.63) is 35.1 Å². The highest BCUT2D eigenvalue weighted by Gasteiger charge is 2.15. The average molecular weight is 223 g/mol. The molecule has 0 spiro atoms. The van der Waals surface area contributed by atoms with Gasteiger partial charge in [0.25, 0.3) is 0 Å². The minimum Gasteiger partial charge on any atom is -0.330 e. The molecule has 0 heterocycles. The van der Waals surface area contributed by atoms with Crippen molar-refractivity contribution in [1.29, 1.82) is 0 Å². The summed E-state index contributed by atoms with van der Waals surface area (Å²) in [5.74, 6) is -0.0926. The van der Waals surface area contributed by atoms with Crippen LogP contribution in [0.25, 0.3) is 0 Å². The molecule has 0 bridgehead atoms. The monoisotopic (exact) mass is 223 g/mol. The molecule has 2 N–H and O–H groups in total. The minimum atomic E-state index is -0.0926. The summed E-state index contributed by atoms with van der Waals surface area (Å²) in [7, 11) is 0. The fraction of sp³-hybridized carbons (Fsp3) is 0.571. The van der Waals surface area contributed by atoms with E-state index in [2.05, 4.69) is 20.8 Å². The predicted molar refractivity (Wildman–Crippen MR) is 67.1 cm³/mol. The lowest BCUT2D eigenvalue weighted by atomic mass is 9.85. The first-order valence-electron chi connectivity index (χ1n) is 5.94. The Morgan fingerprint density at radius 2 is 1.88 bits per heavy atom. The van der Waals surface area contributed by atoms with E-state index in [-0.39, 0.29) is 11.2 Å². The van der Waals surface area contributed by atoms with Gasteiger partial charge < -0.3 is 5.73 Å². The zero-order chi connectivity index (χ0) is 12.2. The largest absolute Gasteiger partial charge is 0.330 e. The van der Waals surface area contributed by atoms with Crippen LogP contribution in [-0.2, 0) is 11.8 Å². The Morgan fingerprint density at radius 3 is 2.44 bits per heavy atom. The number of rotatable bonds is 4. The summed E-state index contributed by atoms with van der Waals surface area (Å²) in [4.78, 5) is 0. The van der Waals surface area contributed by atoms with E-state index >= 15 is 0 Å². The summed E-state index contributed by atoms with van der Waals surface area (Å²) in [5, 5.41) is 0. The lowest BCUT2D eigenvalue weighted by molar-refractivity contribution is 0.572. The second-order valence-corrected chi connectivity index (χ2v) is 5.30. The Labute approximate surface area is 97.9 Å². The van der Waals surface area contributed by atoms with Crippen LogP contribution >= 0.6 is 0 Å². The molecule has 0 aliphatic rings.